The average molecular weight is 704 g/mol. The summed E-state index contributed by atoms with van der Waals surface area (Å²) in [6.45, 7) is 0. The summed E-state index contributed by atoms with van der Waals surface area (Å²) >= 11 is 0. The van der Waals surface area contributed by atoms with Crippen LogP contribution in [0.3, 0.4) is 0 Å². The van der Waals surface area contributed by atoms with E-state index in [1.807, 2.05) is 42.5 Å². The lowest BCUT2D eigenvalue weighted by atomic mass is 9.97. The van der Waals surface area contributed by atoms with E-state index < -0.39 is 0 Å². The monoisotopic (exact) mass is 703 g/mol. The van der Waals surface area contributed by atoms with Gasteiger partial charge in [0.15, 0.2) is 17.5 Å². The SMILES string of the molecule is c1ccc(-c2ccc(-c3ccc(-c4cccc5c4oc4cc(-c6nc(-c7ccccc7)nc(-c7cccc(-c8ccccc8)c7)n6)ccc45)cc3)cc2)cc1. The third-order valence-electron chi connectivity index (χ3n) is 10.2. The van der Waals surface area contributed by atoms with E-state index in [1.165, 1.54) is 22.3 Å². The molecule has 258 valence electrons. The molecular formula is C51H33N3O. The molecule has 4 heteroatoms. The first-order valence-electron chi connectivity index (χ1n) is 18.4. The highest BCUT2D eigenvalue weighted by molar-refractivity contribution is 6.10. The summed E-state index contributed by atoms with van der Waals surface area (Å²) in [6.07, 6.45) is 0. The molecule has 0 bridgehead atoms. The number of furan rings is 1. The second kappa shape index (κ2) is 13.8. The highest BCUT2D eigenvalue weighted by atomic mass is 16.3. The van der Waals surface area contributed by atoms with Gasteiger partial charge in [-0.05, 0) is 57.1 Å². The second-order valence-corrected chi connectivity index (χ2v) is 13.6. The van der Waals surface area contributed by atoms with Crippen molar-refractivity contribution in [2.45, 2.75) is 0 Å². The molecule has 10 aromatic rings. The highest BCUT2D eigenvalue weighted by Gasteiger charge is 2.17. The van der Waals surface area contributed by atoms with Gasteiger partial charge in [0.25, 0.3) is 0 Å². The van der Waals surface area contributed by atoms with Crippen LogP contribution in [-0.4, -0.2) is 15.0 Å². The molecule has 0 amide bonds. The Hall–Kier alpha value is -7.43. The zero-order valence-corrected chi connectivity index (χ0v) is 29.8. The standard InChI is InChI=1S/C51H33N3O/c1-4-12-34(13-5-1)36-22-24-37(25-23-36)38-26-28-39(29-27-38)44-20-11-21-46-45-31-30-43(33-47(45)55-48(44)46)51-53-49(40-16-8-3-9-17-40)52-50(54-51)42-19-10-18-41(32-42)35-14-6-2-7-15-35/h1-33H. The summed E-state index contributed by atoms with van der Waals surface area (Å²) in [5.74, 6) is 1.82. The van der Waals surface area contributed by atoms with Gasteiger partial charge in [-0.25, -0.2) is 15.0 Å². The van der Waals surface area contributed by atoms with Gasteiger partial charge in [-0.1, -0.05) is 182 Å². The van der Waals surface area contributed by atoms with Gasteiger partial charge in [0.05, 0.1) is 0 Å². The predicted molar refractivity (Wildman–Crippen MR) is 225 cm³/mol. The van der Waals surface area contributed by atoms with Crippen molar-refractivity contribution in [3.05, 3.63) is 200 Å². The minimum Gasteiger partial charge on any atom is -0.455 e. The Morgan fingerprint density at radius 2 is 0.691 bits per heavy atom. The summed E-state index contributed by atoms with van der Waals surface area (Å²) in [6, 6.07) is 69.3. The summed E-state index contributed by atoms with van der Waals surface area (Å²) in [5.41, 5.74) is 13.5. The van der Waals surface area contributed by atoms with Gasteiger partial charge in [-0.2, -0.15) is 0 Å². The minimum atomic E-state index is 0.587. The van der Waals surface area contributed by atoms with Crippen LogP contribution in [0.1, 0.15) is 0 Å². The number of fused-ring (bicyclic) bond motifs is 3. The first kappa shape index (κ1) is 32.2. The van der Waals surface area contributed by atoms with E-state index in [0.717, 1.165) is 60.9 Å². The van der Waals surface area contributed by atoms with Crippen LogP contribution in [0.15, 0.2) is 205 Å². The van der Waals surface area contributed by atoms with Gasteiger partial charge in [0.2, 0.25) is 0 Å². The van der Waals surface area contributed by atoms with Crippen molar-refractivity contribution in [1.82, 2.24) is 15.0 Å². The van der Waals surface area contributed by atoms with Gasteiger partial charge in [-0.3, -0.25) is 0 Å². The fourth-order valence-corrected chi connectivity index (χ4v) is 7.31. The van der Waals surface area contributed by atoms with E-state index in [1.54, 1.807) is 0 Å². The maximum Gasteiger partial charge on any atom is 0.164 e. The molecule has 0 aliphatic heterocycles. The first-order valence-corrected chi connectivity index (χ1v) is 18.4. The highest BCUT2D eigenvalue weighted by Crippen LogP contribution is 2.38. The van der Waals surface area contributed by atoms with Crippen LogP contribution in [0.2, 0.25) is 0 Å². The molecule has 0 saturated carbocycles. The molecule has 2 aromatic heterocycles. The Bertz CT molecular complexity index is 2940. The summed E-state index contributed by atoms with van der Waals surface area (Å²) < 4.78 is 6.69. The summed E-state index contributed by atoms with van der Waals surface area (Å²) in [5, 5.41) is 2.11. The van der Waals surface area contributed by atoms with Crippen molar-refractivity contribution in [3.8, 4) is 78.7 Å². The van der Waals surface area contributed by atoms with Crippen molar-refractivity contribution in [2.24, 2.45) is 0 Å². The molecule has 55 heavy (non-hydrogen) atoms. The van der Waals surface area contributed by atoms with E-state index in [4.69, 9.17) is 19.4 Å². The maximum atomic E-state index is 6.69. The van der Waals surface area contributed by atoms with Gasteiger partial charge in [0, 0.05) is 33.0 Å². The molecule has 4 nitrogen and oxygen atoms in total. The van der Waals surface area contributed by atoms with Crippen LogP contribution < -0.4 is 0 Å². The molecule has 0 atom stereocenters. The summed E-state index contributed by atoms with van der Waals surface area (Å²) in [7, 11) is 0. The number of aromatic nitrogens is 3. The number of hydrogen-bond donors (Lipinski definition) is 0. The van der Waals surface area contributed by atoms with Gasteiger partial charge >= 0.3 is 0 Å². The normalized spacial score (nSPS) is 11.3. The Kier molecular flexibility index (Phi) is 8.12. The van der Waals surface area contributed by atoms with Crippen LogP contribution in [0.25, 0.3) is 101 Å². The Balaban J connectivity index is 1.01. The first-order chi connectivity index (χ1) is 27.2. The van der Waals surface area contributed by atoms with Gasteiger partial charge in [-0.15, -0.1) is 0 Å². The van der Waals surface area contributed by atoms with Crippen LogP contribution in [0, 0.1) is 0 Å². The molecule has 0 aliphatic carbocycles. The molecule has 0 unspecified atom stereocenters. The number of para-hydroxylation sites is 1. The molecule has 10 rings (SSSR count). The van der Waals surface area contributed by atoms with Crippen molar-refractivity contribution in [3.63, 3.8) is 0 Å². The molecule has 0 aliphatic rings. The van der Waals surface area contributed by atoms with E-state index in [0.29, 0.717) is 17.5 Å². The largest absolute Gasteiger partial charge is 0.455 e. The van der Waals surface area contributed by atoms with E-state index in [9.17, 15) is 0 Å². The molecule has 0 radical (unpaired) electrons. The second-order valence-electron chi connectivity index (χ2n) is 13.6. The van der Waals surface area contributed by atoms with Crippen molar-refractivity contribution in [2.75, 3.05) is 0 Å². The number of rotatable bonds is 7. The van der Waals surface area contributed by atoms with Crippen molar-refractivity contribution in [1.29, 1.82) is 0 Å². The number of benzene rings is 8. The smallest absolute Gasteiger partial charge is 0.164 e. The third-order valence-corrected chi connectivity index (χ3v) is 10.2. The van der Waals surface area contributed by atoms with Crippen LogP contribution in [0.5, 0.6) is 0 Å². The van der Waals surface area contributed by atoms with Crippen LogP contribution in [0.4, 0.5) is 0 Å². The Morgan fingerprint density at radius 3 is 1.29 bits per heavy atom. The fraction of sp³-hybridized carbons (Fsp3) is 0. The zero-order valence-electron chi connectivity index (χ0n) is 29.8. The quantitative estimate of drug-likeness (QED) is 0.166. The van der Waals surface area contributed by atoms with E-state index in [-0.39, 0.29) is 0 Å². The predicted octanol–water partition coefficient (Wildman–Crippen LogP) is 13.4. The third kappa shape index (κ3) is 6.26. The van der Waals surface area contributed by atoms with Crippen LogP contribution in [-0.2, 0) is 0 Å². The average Bonchev–Trinajstić information content (AvgIpc) is 3.66. The lowest BCUT2D eigenvalue weighted by molar-refractivity contribution is 0.670. The topological polar surface area (TPSA) is 51.8 Å². The number of hydrogen-bond acceptors (Lipinski definition) is 4. The lowest BCUT2D eigenvalue weighted by Crippen LogP contribution is -2.00. The zero-order chi connectivity index (χ0) is 36.6. The molecular weight excluding hydrogens is 671 g/mol. The molecule has 0 saturated heterocycles. The molecule has 8 aromatic carbocycles. The molecule has 0 spiro atoms. The fourth-order valence-electron chi connectivity index (χ4n) is 7.31. The van der Waals surface area contributed by atoms with Crippen molar-refractivity contribution < 1.29 is 4.42 Å². The lowest BCUT2D eigenvalue weighted by Gasteiger charge is -2.09. The van der Waals surface area contributed by atoms with Gasteiger partial charge < -0.3 is 4.42 Å². The molecule has 0 fully saturated rings. The Morgan fingerprint density at radius 1 is 0.273 bits per heavy atom. The Labute approximate surface area is 319 Å². The molecule has 2 heterocycles. The van der Waals surface area contributed by atoms with Crippen LogP contribution >= 0.6 is 0 Å². The van der Waals surface area contributed by atoms with Gasteiger partial charge in [0.1, 0.15) is 11.2 Å². The summed E-state index contributed by atoms with van der Waals surface area (Å²) in [4.78, 5) is 15.0. The maximum absolute atomic E-state index is 6.69. The van der Waals surface area contributed by atoms with E-state index >= 15 is 0 Å². The van der Waals surface area contributed by atoms with Crippen molar-refractivity contribution >= 4 is 21.9 Å². The minimum absolute atomic E-state index is 0.587. The number of nitrogens with zero attached hydrogens (tertiary/aromatic N) is 3. The van der Waals surface area contributed by atoms with E-state index in [2.05, 4.69) is 158 Å². The molecule has 0 N–H and O–H groups in total.